The van der Waals surface area contributed by atoms with Crippen LogP contribution in [0.5, 0.6) is 5.75 Å². The zero-order chi connectivity index (χ0) is 9.19. The van der Waals surface area contributed by atoms with Crippen LogP contribution in [0.25, 0.3) is 0 Å². The lowest BCUT2D eigenvalue weighted by atomic mass is 10.3. The lowest BCUT2D eigenvalue weighted by Crippen LogP contribution is -2.38. The van der Waals surface area contributed by atoms with E-state index in [0.717, 1.165) is 5.82 Å². The van der Waals surface area contributed by atoms with Crippen LogP contribution in [0.3, 0.4) is 0 Å². The predicted octanol–water partition coefficient (Wildman–Crippen LogP) is 0.859. The summed E-state index contributed by atoms with van der Waals surface area (Å²) in [6, 6.07) is 0. The Hall–Kier alpha value is -1.16. The smallest absolute Gasteiger partial charge is 0.158 e. The summed E-state index contributed by atoms with van der Waals surface area (Å²) >= 11 is 0. The number of ether oxygens (including phenoxy) is 1. The normalized spacial score (nSPS) is 11.3. The van der Waals surface area contributed by atoms with Gasteiger partial charge in [0.15, 0.2) is 11.5 Å². The van der Waals surface area contributed by atoms with Crippen molar-refractivity contribution in [3.63, 3.8) is 0 Å². The average Bonchev–Trinajstić information content (AvgIpc) is 1.91. The largest absolute Gasteiger partial charge is 0.470 e. The Labute approximate surface area is 71.8 Å². The maximum absolute atomic E-state index is 5.63. The standard InChI is InChI=1S/C8H13N3O/c1-6-10-4-7(5-11-6)12-8(2,3)9/h4-5H,9H2,1-3H3. The molecule has 0 amide bonds. The lowest BCUT2D eigenvalue weighted by molar-refractivity contribution is 0.116. The van der Waals surface area contributed by atoms with Gasteiger partial charge < -0.3 is 4.74 Å². The van der Waals surface area contributed by atoms with Gasteiger partial charge in [-0.2, -0.15) is 0 Å². The predicted molar refractivity (Wildman–Crippen MR) is 45.7 cm³/mol. The van der Waals surface area contributed by atoms with Crippen LogP contribution >= 0.6 is 0 Å². The molecule has 0 unspecified atom stereocenters. The minimum atomic E-state index is -0.682. The van der Waals surface area contributed by atoms with Crippen molar-refractivity contribution in [2.75, 3.05) is 0 Å². The van der Waals surface area contributed by atoms with E-state index in [4.69, 9.17) is 10.5 Å². The molecule has 0 spiro atoms. The van der Waals surface area contributed by atoms with Gasteiger partial charge in [0.05, 0.1) is 12.4 Å². The lowest BCUT2D eigenvalue weighted by Gasteiger charge is -2.20. The van der Waals surface area contributed by atoms with E-state index in [0.29, 0.717) is 5.75 Å². The van der Waals surface area contributed by atoms with Crippen molar-refractivity contribution in [1.82, 2.24) is 9.97 Å². The van der Waals surface area contributed by atoms with Crippen LogP contribution in [0.1, 0.15) is 19.7 Å². The fourth-order valence-corrected chi connectivity index (χ4v) is 0.737. The summed E-state index contributed by atoms with van der Waals surface area (Å²) in [5.74, 6) is 1.31. The molecule has 12 heavy (non-hydrogen) atoms. The SMILES string of the molecule is Cc1ncc(OC(C)(C)N)cn1. The molecule has 4 nitrogen and oxygen atoms in total. The fraction of sp³-hybridized carbons (Fsp3) is 0.500. The first kappa shape index (κ1) is 8.93. The van der Waals surface area contributed by atoms with Crippen LogP contribution in [-0.2, 0) is 0 Å². The van der Waals surface area contributed by atoms with Crippen molar-refractivity contribution in [2.45, 2.75) is 26.5 Å². The Kier molecular flexibility index (Phi) is 2.28. The molecule has 0 bridgehead atoms. The van der Waals surface area contributed by atoms with Gasteiger partial charge in [-0.15, -0.1) is 0 Å². The molecular weight excluding hydrogens is 154 g/mol. The number of aromatic nitrogens is 2. The van der Waals surface area contributed by atoms with Crippen LogP contribution in [-0.4, -0.2) is 15.7 Å². The van der Waals surface area contributed by atoms with Gasteiger partial charge in [-0.25, -0.2) is 9.97 Å². The second-order valence-electron chi connectivity index (χ2n) is 3.17. The number of aryl methyl sites for hydroxylation is 1. The molecule has 0 saturated carbocycles. The molecule has 0 aliphatic carbocycles. The third kappa shape index (κ3) is 2.84. The highest BCUT2D eigenvalue weighted by molar-refractivity contribution is 5.12. The second-order valence-corrected chi connectivity index (χ2v) is 3.17. The van der Waals surface area contributed by atoms with Gasteiger partial charge in [0.2, 0.25) is 0 Å². The summed E-state index contributed by atoms with van der Waals surface area (Å²) in [6.07, 6.45) is 3.22. The molecular formula is C8H13N3O. The van der Waals surface area contributed by atoms with E-state index in [1.54, 1.807) is 26.2 Å². The van der Waals surface area contributed by atoms with E-state index in [-0.39, 0.29) is 0 Å². The molecule has 0 fully saturated rings. The van der Waals surface area contributed by atoms with E-state index < -0.39 is 5.72 Å². The Morgan fingerprint density at radius 1 is 1.33 bits per heavy atom. The van der Waals surface area contributed by atoms with Gasteiger partial charge >= 0.3 is 0 Å². The first-order valence-electron chi connectivity index (χ1n) is 3.74. The zero-order valence-electron chi connectivity index (χ0n) is 7.53. The van der Waals surface area contributed by atoms with Crippen LogP contribution in [0.4, 0.5) is 0 Å². The summed E-state index contributed by atoms with van der Waals surface area (Å²) in [5.41, 5.74) is 4.95. The van der Waals surface area contributed by atoms with Gasteiger partial charge in [-0.1, -0.05) is 0 Å². The molecule has 0 saturated heterocycles. The third-order valence-electron chi connectivity index (χ3n) is 1.14. The summed E-state index contributed by atoms with van der Waals surface area (Å²) in [6.45, 7) is 5.36. The molecule has 4 heteroatoms. The van der Waals surface area contributed by atoms with E-state index >= 15 is 0 Å². The molecule has 66 valence electrons. The van der Waals surface area contributed by atoms with Crippen LogP contribution in [0.15, 0.2) is 12.4 Å². The number of nitrogens with two attached hydrogens (primary N) is 1. The highest BCUT2D eigenvalue weighted by atomic mass is 16.5. The Morgan fingerprint density at radius 3 is 2.25 bits per heavy atom. The van der Waals surface area contributed by atoms with E-state index in [1.807, 2.05) is 6.92 Å². The highest BCUT2D eigenvalue weighted by Crippen LogP contribution is 2.11. The molecule has 1 rings (SSSR count). The average molecular weight is 167 g/mol. The Morgan fingerprint density at radius 2 is 1.83 bits per heavy atom. The molecule has 0 aliphatic rings. The first-order chi connectivity index (χ1) is 5.47. The van der Waals surface area contributed by atoms with Crippen molar-refractivity contribution >= 4 is 0 Å². The van der Waals surface area contributed by atoms with Crippen LogP contribution in [0.2, 0.25) is 0 Å². The Bertz CT molecular complexity index is 250. The zero-order valence-corrected chi connectivity index (χ0v) is 7.53. The molecule has 0 aromatic carbocycles. The molecule has 0 atom stereocenters. The second kappa shape index (κ2) is 3.06. The van der Waals surface area contributed by atoms with Crippen molar-refractivity contribution in [3.05, 3.63) is 18.2 Å². The summed E-state index contributed by atoms with van der Waals surface area (Å²) in [4.78, 5) is 7.94. The van der Waals surface area contributed by atoms with Crippen molar-refractivity contribution in [3.8, 4) is 5.75 Å². The maximum Gasteiger partial charge on any atom is 0.158 e. The molecule has 2 N–H and O–H groups in total. The number of hydrogen-bond donors (Lipinski definition) is 1. The Balaban J connectivity index is 2.71. The first-order valence-corrected chi connectivity index (χ1v) is 3.74. The minimum Gasteiger partial charge on any atom is -0.470 e. The van der Waals surface area contributed by atoms with Gasteiger partial charge in [-0.05, 0) is 20.8 Å². The van der Waals surface area contributed by atoms with E-state index in [1.165, 1.54) is 0 Å². The van der Waals surface area contributed by atoms with Gasteiger partial charge in [0.1, 0.15) is 5.82 Å². The molecule has 1 heterocycles. The minimum absolute atomic E-state index is 0.591. The number of nitrogens with zero attached hydrogens (tertiary/aromatic N) is 2. The van der Waals surface area contributed by atoms with Gasteiger partial charge in [0.25, 0.3) is 0 Å². The quantitative estimate of drug-likeness (QED) is 0.663. The number of rotatable bonds is 2. The molecule has 1 aromatic rings. The third-order valence-corrected chi connectivity index (χ3v) is 1.14. The molecule has 0 aliphatic heterocycles. The summed E-state index contributed by atoms with van der Waals surface area (Å²) in [5, 5.41) is 0. The molecule has 1 aromatic heterocycles. The van der Waals surface area contributed by atoms with E-state index in [2.05, 4.69) is 9.97 Å². The topological polar surface area (TPSA) is 61.0 Å². The van der Waals surface area contributed by atoms with Gasteiger partial charge in [0, 0.05) is 0 Å². The number of hydrogen-bond acceptors (Lipinski definition) is 4. The molecule has 0 radical (unpaired) electrons. The fourth-order valence-electron chi connectivity index (χ4n) is 0.737. The van der Waals surface area contributed by atoms with Crippen LogP contribution < -0.4 is 10.5 Å². The monoisotopic (exact) mass is 167 g/mol. The highest BCUT2D eigenvalue weighted by Gasteiger charge is 2.11. The summed E-state index contributed by atoms with van der Waals surface area (Å²) < 4.78 is 5.31. The van der Waals surface area contributed by atoms with E-state index in [9.17, 15) is 0 Å². The van der Waals surface area contributed by atoms with Gasteiger partial charge in [-0.3, -0.25) is 5.73 Å². The maximum atomic E-state index is 5.63. The van der Waals surface area contributed by atoms with Crippen molar-refractivity contribution in [2.24, 2.45) is 5.73 Å². The van der Waals surface area contributed by atoms with Crippen molar-refractivity contribution in [1.29, 1.82) is 0 Å². The van der Waals surface area contributed by atoms with Crippen molar-refractivity contribution < 1.29 is 4.74 Å². The summed E-state index contributed by atoms with van der Waals surface area (Å²) in [7, 11) is 0. The van der Waals surface area contributed by atoms with Crippen LogP contribution in [0, 0.1) is 6.92 Å².